The maximum absolute atomic E-state index is 6.30. The van der Waals surface area contributed by atoms with Gasteiger partial charge >= 0.3 is 0 Å². The molecular formula is C15H25ClN4. The van der Waals surface area contributed by atoms with Crippen LogP contribution < -0.4 is 5.32 Å². The van der Waals surface area contributed by atoms with E-state index in [0.29, 0.717) is 6.04 Å². The second-order valence-electron chi connectivity index (χ2n) is 5.63. The van der Waals surface area contributed by atoms with Crippen LogP contribution in [0.5, 0.6) is 0 Å². The lowest BCUT2D eigenvalue weighted by molar-refractivity contribution is 0.0928. The van der Waals surface area contributed by atoms with Crippen LogP contribution in [0.4, 0.5) is 5.82 Å². The quantitative estimate of drug-likeness (QED) is 0.905. The third-order valence-corrected chi connectivity index (χ3v) is 4.14. The first-order valence-corrected chi connectivity index (χ1v) is 7.79. The second kappa shape index (κ2) is 7.25. The minimum atomic E-state index is 0.541. The lowest BCUT2D eigenvalue weighted by atomic mass is 10.2. The van der Waals surface area contributed by atoms with Crippen LogP contribution in [-0.2, 0) is 6.54 Å². The van der Waals surface area contributed by atoms with E-state index in [-0.39, 0.29) is 0 Å². The molecule has 1 saturated heterocycles. The van der Waals surface area contributed by atoms with Gasteiger partial charge in [-0.3, -0.25) is 4.90 Å². The van der Waals surface area contributed by atoms with Crippen LogP contribution in [0.15, 0.2) is 12.1 Å². The summed E-state index contributed by atoms with van der Waals surface area (Å²) in [4.78, 5) is 9.49. The largest absolute Gasteiger partial charge is 0.370 e. The summed E-state index contributed by atoms with van der Waals surface area (Å²) in [6.07, 6.45) is 1.09. The Morgan fingerprint density at radius 2 is 2.20 bits per heavy atom. The molecule has 0 radical (unpaired) electrons. The first kappa shape index (κ1) is 15.5. The topological polar surface area (TPSA) is 31.4 Å². The van der Waals surface area contributed by atoms with Gasteiger partial charge in [0.25, 0.3) is 0 Å². The molecule has 2 rings (SSSR count). The van der Waals surface area contributed by atoms with E-state index in [2.05, 4.69) is 41.0 Å². The summed E-state index contributed by atoms with van der Waals surface area (Å²) >= 11 is 6.30. The lowest BCUT2D eigenvalue weighted by Crippen LogP contribution is -2.49. The Morgan fingerprint density at radius 3 is 2.90 bits per heavy atom. The van der Waals surface area contributed by atoms with Gasteiger partial charge in [0.2, 0.25) is 0 Å². The number of hydrogen-bond acceptors (Lipinski definition) is 4. The van der Waals surface area contributed by atoms with E-state index in [0.717, 1.165) is 55.7 Å². The summed E-state index contributed by atoms with van der Waals surface area (Å²) < 4.78 is 0. The van der Waals surface area contributed by atoms with Gasteiger partial charge in [-0.15, -0.1) is 0 Å². The SMILES string of the molecule is CCCNc1ccc(Cl)c(CN2CCN(C)CC2C)n1. The summed E-state index contributed by atoms with van der Waals surface area (Å²) in [5.41, 5.74) is 0.976. The molecule has 112 valence electrons. The number of nitrogens with one attached hydrogen (secondary N) is 1. The van der Waals surface area contributed by atoms with E-state index in [9.17, 15) is 0 Å². The fourth-order valence-electron chi connectivity index (χ4n) is 2.55. The smallest absolute Gasteiger partial charge is 0.126 e. The van der Waals surface area contributed by atoms with Crippen LogP contribution in [0.25, 0.3) is 0 Å². The first-order chi connectivity index (χ1) is 9.60. The van der Waals surface area contributed by atoms with E-state index in [1.165, 1.54) is 0 Å². The van der Waals surface area contributed by atoms with Gasteiger partial charge < -0.3 is 10.2 Å². The molecule has 1 unspecified atom stereocenters. The number of likely N-dealkylation sites (N-methyl/N-ethyl adjacent to an activating group) is 1. The van der Waals surface area contributed by atoms with Crippen molar-refractivity contribution in [3.8, 4) is 0 Å². The van der Waals surface area contributed by atoms with Gasteiger partial charge in [0.1, 0.15) is 5.82 Å². The van der Waals surface area contributed by atoms with Crippen molar-refractivity contribution in [2.75, 3.05) is 38.5 Å². The molecule has 0 spiro atoms. The molecule has 0 saturated carbocycles. The van der Waals surface area contributed by atoms with Crippen LogP contribution in [-0.4, -0.2) is 54.1 Å². The van der Waals surface area contributed by atoms with Crippen molar-refractivity contribution in [3.05, 3.63) is 22.8 Å². The molecule has 1 aromatic heterocycles. The van der Waals surface area contributed by atoms with E-state index in [4.69, 9.17) is 11.6 Å². The van der Waals surface area contributed by atoms with Crippen molar-refractivity contribution in [1.29, 1.82) is 0 Å². The molecule has 0 bridgehead atoms. The van der Waals surface area contributed by atoms with Crippen LogP contribution in [0, 0.1) is 0 Å². The summed E-state index contributed by atoms with van der Waals surface area (Å²) in [5.74, 6) is 0.924. The molecule has 1 aliphatic heterocycles. The molecule has 0 amide bonds. The molecule has 1 N–H and O–H groups in total. The molecule has 20 heavy (non-hydrogen) atoms. The van der Waals surface area contributed by atoms with Crippen molar-refractivity contribution in [2.24, 2.45) is 0 Å². The Kier molecular flexibility index (Phi) is 5.64. The summed E-state index contributed by atoms with van der Waals surface area (Å²) in [6.45, 7) is 9.47. The lowest BCUT2D eigenvalue weighted by Gasteiger charge is -2.38. The zero-order chi connectivity index (χ0) is 14.5. The average Bonchev–Trinajstić information content (AvgIpc) is 2.42. The highest BCUT2D eigenvalue weighted by Crippen LogP contribution is 2.20. The van der Waals surface area contributed by atoms with Gasteiger partial charge in [-0.1, -0.05) is 18.5 Å². The van der Waals surface area contributed by atoms with Crippen LogP contribution in [0.3, 0.4) is 0 Å². The number of rotatable bonds is 5. The summed E-state index contributed by atoms with van der Waals surface area (Å²) in [5, 5.41) is 4.08. The highest BCUT2D eigenvalue weighted by molar-refractivity contribution is 6.31. The van der Waals surface area contributed by atoms with E-state index in [1.54, 1.807) is 0 Å². The molecule has 1 atom stereocenters. The Morgan fingerprint density at radius 1 is 1.40 bits per heavy atom. The van der Waals surface area contributed by atoms with E-state index < -0.39 is 0 Å². The van der Waals surface area contributed by atoms with Gasteiger partial charge in [0.05, 0.1) is 10.7 Å². The minimum absolute atomic E-state index is 0.541. The molecule has 2 heterocycles. The summed E-state index contributed by atoms with van der Waals surface area (Å²) in [6, 6.07) is 4.44. The average molecular weight is 297 g/mol. The van der Waals surface area contributed by atoms with E-state index in [1.807, 2.05) is 12.1 Å². The first-order valence-electron chi connectivity index (χ1n) is 7.42. The maximum Gasteiger partial charge on any atom is 0.126 e. The van der Waals surface area contributed by atoms with Gasteiger partial charge in [-0.05, 0) is 32.5 Å². The van der Waals surface area contributed by atoms with Crippen LogP contribution in [0.1, 0.15) is 26.0 Å². The second-order valence-corrected chi connectivity index (χ2v) is 6.04. The Bertz CT molecular complexity index is 438. The Balaban J connectivity index is 2.04. The highest BCUT2D eigenvalue weighted by atomic mass is 35.5. The zero-order valence-electron chi connectivity index (χ0n) is 12.7. The van der Waals surface area contributed by atoms with Crippen LogP contribution >= 0.6 is 11.6 Å². The van der Waals surface area contributed by atoms with Gasteiger partial charge in [0.15, 0.2) is 0 Å². The fraction of sp³-hybridized carbons (Fsp3) is 0.667. The monoisotopic (exact) mass is 296 g/mol. The molecule has 1 fully saturated rings. The van der Waals surface area contributed by atoms with E-state index >= 15 is 0 Å². The molecule has 0 aliphatic carbocycles. The zero-order valence-corrected chi connectivity index (χ0v) is 13.5. The van der Waals surface area contributed by atoms with Gasteiger partial charge in [-0.2, -0.15) is 0 Å². The molecular weight excluding hydrogens is 272 g/mol. The summed E-state index contributed by atoms with van der Waals surface area (Å²) in [7, 11) is 2.17. The van der Waals surface area contributed by atoms with Crippen molar-refractivity contribution >= 4 is 17.4 Å². The van der Waals surface area contributed by atoms with Crippen LogP contribution in [0.2, 0.25) is 5.02 Å². The predicted octanol–water partition coefficient (Wildman–Crippen LogP) is 2.69. The molecule has 1 aromatic rings. The molecule has 5 heteroatoms. The number of nitrogens with zero attached hydrogens (tertiary/aromatic N) is 3. The molecule has 0 aromatic carbocycles. The number of hydrogen-bond donors (Lipinski definition) is 1. The number of aromatic nitrogens is 1. The Labute approximate surface area is 127 Å². The maximum atomic E-state index is 6.30. The number of anilines is 1. The number of halogens is 1. The highest BCUT2D eigenvalue weighted by Gasteiger charge is 2.22. The van der Waals surface area contributed by atoms with Crippen molar-refractivity contribution in [1.82, 2.24) is 14.8 Å². The van der Waals surface area contributed by atoms with Gasteiger partial charge in [-0.25, -0.2) is 4.98 Å². The fourth-order valence-corrected chi connectivity index (χ4v) is 2.72. The normalized spacial score (nSPS) is 21.1. The number of piperazine rings is 1. The third-order valence-electron chi connectivity index (χ3n) is 3.80. The van der Waals surface area contributed by atoms with Crippen molar-refractivity contribution < 1.29 is 0 Å². The van der Waals surface area contributed by atoms with Gasteiger partial charge in [0, 0.05) is 38.8 Å². The molecule has 1 aliphatic rings. The Hall–Kier alpha value is -0.840. The van der Waals surface area contributed by atoms with Crippen molar-refractivity contribution in [3.63, 3.8) is 0 Å². The van der Waals surface area contributed by atoms with Crippen molar-refractivity contribution in [2.45, 2.75) is 32.9 Å². The predicted molar refractivity (Wildman–Crippen MR) is 85.4 cm³/mol. The standard InChI is InChI=1S/C15H25ClN4/c1-4-7-17-15-6-5-13(16)14(18-15)11-20-9-8-19(3)10-12(20)2/h5-6,12H,4,7-11H2,1-3H3,(H,17,18). The number of pyridine rings is 1. The minimum Gasteiger partial charge on any atom is -0.370 e. The third kappa shape index (κ3) is 4.08. The molecule has 4 nitrogen and oxygen atoms in total.